The lowest BCUT2D eigenvalue weighted by atomic mass is 10.2. The second kappa shape index (κ2) is 5.14. The van der Waals surface area contributed by atoms with Crippen molar-refractivity contribution in [2.45, 2.75) is 32.7 Å². The number of pyridine rings is 1. The largest absolute Gasteiger partial charge is 0.396 e. The average Bonchev–Trinajstić information content (AvgIpc) is 2.69. The van der Waals surface area contributed by atoms with Gasteiger partial charge in [-0.25, -0.2) is 4.52 Å². The molecule has 0 bridgehead atoms. The third kappa shape index (κ3) is 2.74. The number of anilines is 1. The Morgan fingerprint density at radius 2 is 2.29 bits per heavy atom. The number of rotatable bonds is 5. The summed E-state index contributed by atoms with van der Waals surface area (Å²) in [6, 6.07) is 4.18. The Labute approximate surface area is 100 Å². The van der Waals surface area contributed by atoms with E-state index in [1.807, 2.05) is 25.3 Å². The van der Waals surface area contributed by atoms with Gasteiger partial charge in [0.15, 0.2) is 5.65 Å². The highest BCUT2D eigenvalue weighted by Gasteiger charge is 2.09. The van der Waals surface area contributed by atoms with Crippen LogP contribution < -0.4 is 5.32 Å². The molecule has 0 saturated heterocycles. The van der Waals surface area contributed by atoms with E-state index >= 15 is 0 Å². The number of aliphatic hydroxyl groups is 1. The fourth-order valence-electron chi connectivity index (χ4n) is 1.76. The van der Waals surface area contributed by atoms with Gasteiger partial charge >= 0.3 is 0 Å². The molecule has 2 heterocycles. The van der Waals surface area contributed by atoms with Crippen LogP contribution >= 0.6 is 0 Å². The first-order chi connectivity index (χ1) is 8.22. The predicted octanol–water partition coefficient (Wildman–Crippen LogP) is 1.61. The van der Waals surface area contributed by atoms with Gasteiger partial charge in [0.25, 0.3) is 0 Å². The number of aliphatic hydroxyl groups excluding tert-OH is 1. The fourth-order valence-corrected chi connectivity index (χ4v) is 1.76. The molecule has 1 atom stereocenters. The summed E-state index contributed by atoms with van der Waals surface area (Å²) in [5.74, 6) is 0.621. The molecule has 0 saturated carbocycles. The topological polar surface area (TPSA) is 62.5 Å². The second-order valence-electron chi connectivity index (χ2n) is 4.21. The molecule has 0 aliphatic rings. The molecule has 0 aliphatic carbocycles. The number of nitrogens with one attached hydrogen (secondary N) is 1. The number of hydrogen-bond donors (Lipinski definition) is 2. The highest BCUT2D eigenvalue weighted by Crippen LogP contribution is 2.10. The van der Waals surface area contributed by atoms with Crippen molar-refractivity contribution >= 4 is 11.6 Å². The van der Waals surface area contributed by atoms with Crippen LogP contribution in [-0.2, 0) is 0 Å². The number of aryl methyl sites for hydroxylation is 1. The molecule has 0 aromatic carbocycles. The highest BCUT2D eigenvalue weighted by atomic mass is 16.3. The van der Waals surface area contributed by atoms with E-state index < -0.39 is 0 Å². The Morgan fingerprint density at radius 3 is 3.00 bits per heavy atom. The van der Waals surface area contributed by atoms with Crippen molar-refractivity contribution < 1.29 is 5.11 Å². The van der Waals surface area contributed by atoms with E-state index in [0.717, 1.165) is 17.6 Å². The van der Waals surface area contributed by atoms with Crippen LogP contribution in [-0.4, -0.2) is 32.4 Å². The lowest BCUT2D eigenvalue weighted by Crippen LogP contribution is -2.20. The lowest BCUT2D eigenvalue weighted by Gasteiger charge is -2.13. The summed E-state index contributed by atoms with van der Waals surface area (Å²) in [4.78, 5) is 4.38. The van der Waals surface area contributed by atoms with Crippen LogP contribution in [0.25, 0.3) is 5.65 Å². The zero-order valence-electron chi connectivity index (χ0n) is 10.2. The van der Waals surface area contributed by atoms with Crippen LogP contribution in [0.15, 0.2) is 18.3 Å². The minimum Gasteiger partial charge on any atom is -0.396 e. The number of aromatic nitrogens is 3. The van der Waals surface area contributed by atoms with E-state index in [0.29, 0.717) is 12.4 Å². The summed E-state index contributed by atoms with van der Waals surface area (Å²) in [6.45, 7) is 4.28. The van der Waals surface area contributed by atoms with E-state index in [1.165, 1.54) is 0 Å². The minimum absolute atomic E-state index is 0.179. The SMILES string of the molecule is CCC(CCO)Nc1nc2ccc(C)cn2n1. The fraction of sp³-hybridized carbons (Fsp3) is 0.500. The Kier molecular flexibility index (Phi) is 3.58. The van der Waals surface area contributed by atoms with Crippen LogP contribution in [0.3, 0.4) is 0 Å². The van der Waals surface area contributed by atoms with Crippen molar-refractivity contribution in [1.29, 1.82) is 0 Å². The molecule has 5 nitrogen and oxygen atoms in total. The molecule has 0 amide bonds. The molecule has 5 heteroatoms. The third-order valence-electron chi connectivity index (χ3n) is 2.78. The van der Waals surface area contributed by atoms with Crippen molar-refractivity contribution in [1.82, 2.24) is 14.6 Å². The van der Waals surface area contributed by atoms with Gasteiger partial charge in [-0.15, -0.1) is 5.10 Å². The molecule has 17 heavy (non-hydrogen) atoms. The average molecular weight is 234 g/mol. The first-order valence-electron chi connectivity index (χ1n) is 5.93. The molecule has 2 aromatic heterocycles. The lowest BCUT2D eigenvalue weighted by molar-refractivity contribution is 0.278. The molecule has 1 unspecified atom stereocenters. The monoisotopic (exact) mass is 234 g/mol. The Morgan fingerprint density at radius 1 is 1.47 bits per heavy atom. The molecule has 0 spiro atoms. The first kappa shape index (κ1) is 11.9. The van der Waals surface area contributed by atoms with Crippen molar-refractivity contribution in [2.24, 2.45) is 0 Å². The summed E-state index contributed by atoms with van der Waals surface area (Å²) in [7, 11) is 0. The molecule has 0 fully saturated rings. The van der Waals surface area contributed by atoms with Gasteiger partial charge in [0, 0.05) is 18.8 Å². The van der Waals surface area contributed by atoms with Gasteiger partial charge in [-0.1, -0.05) is 13.0 Å². The smallest absolute Gasteiger partial charge is 0.243 e. The van der Waals surface area contributed by atoms with Crippen molar-refractivity contribution in [2.75, 3.05) is 11.9 Å². The summed E-state index contributed by atoms with van der Waals surface area (Å²) < 4.78 is 1.77. The molecule has 2 N–H and O–H groups in total. The molecular weight excluding hydrogens is 216 g/mol. The first-order valence-corrected chi connectivity index (χ1v) is 5.93. The highest BCUT2D eigenvalue weighted by molar-refractivity contribution is 5.44. The molecule has 0 aliphatic heterocycles. The number of fused-ring (bicyclic) bond motifs is 1. The second-order valence-corrected chi connectivity index (χ2v) is 4.21. The Bertz CT molecular complexity index is 494. The Hall–Kier alpha value is -1.62. The van der Waals surface area contributed by atoms with Gasteiger partial charge in [-0.3, -0.25) is 0 Å². The summed E-state index contributed by atoms with van der Waals surface area (Å²) in [5, 5.41) is 16.5. The summed E-state index contributed by atoms with van der Waals surface area (Å²) in [6.07, 6.45) is 3.60. The van der Waals surface area contributed by atoms with Crippen molar-refractivity contribution in [3.8, 4) is 0 Å². The van der Waals surface area contributed by atoms with E-state index in [4.69, 9.17) is 5.11 Å². The van der Waals surface area contributed by atoms with Gasteiger partial charge in [0.2, 0.25) is 5.95 Å². The van der Waals surface area contributed by atoms with Gasteiger partial charge in [-0.2, -0.15) is 4.98 Å². The summed E-state index contributed by atoms with van der Waals surface area (Å²) >= 11 is 0. The standard InChI is InChI=1S/C12H18N4O/c1-3-10(6-7-17)13-12-14-11-5-4-9(2)8-16(11)15-12/h4-5,8,10,17H,3,6-7H2,1-2H3,(H,13,15). The molecule has 0 radical (unpaired) electrons. The minimum atomic E-state index is 0.179. The maximum Gasteiger partial charge on any atom is 0.243 e. The van der Waals surface area contributed by atoms with Crippen LogP contribution in [0, 0.1) is 6.92 Å². The third-order valence-corrected chi connectivity index (χ3v) is 2.78. The molecule has 2 rings (SSSR count). The van der Waals surface area contributed by atoms with Crippen LogP contribution in [0.1, 0.15) is 25.3 Å². The van der Waals surface area contributed by atoms with Gasteiger partial charge in [0.05, 0.1) is 0 Å². The van der Waals surface area contributed by atoms with Gasteiger partial charge in [0.1, 0.15) is 0 Å². The van der Waals surface area contributed by atoms with Crippen molar-refractivity contribution in [3.05, 3.63) is 23.9 Å². The molecule has 2 aromatic rings. The molecule has 92 valence electrons. The Balaban J connectivity index is 2.18. The number of nitrogens with zero attached hydrogens (tertiary/aromatic N) is 3. The van der Waals surface area contributed by atoms with Gasteiger partial charge < -0.3 is 10.4 Å². The zero-order valence-corrected chi connectivity index (χ0v) is 10.2. The van der Waals surface area contributed by atoms with E-state index in [2.05, 4.69) is 22.3 Å². The van der Waals surface area contributed by atoms with Crippen LogP contribution in [0.4, 0.5) is 5.95 Å². The maximum atomic E-state index is 8.94. The van der Waals surface area contributed by atoms with E-state index in [1.54, 1.807) is 4.52 Å². The summed E-state index contributed by atoms with van der Waals surface area (Å²) in [5.41, 5.74) is 1.98. The maximum absolute atomic E-state index is 8.94. The normalized spacial score (nSPS) is 12.9. The van der Waals surface area contributed by atoms with E-state index in [9.17, 15) is 0 Å². The van der Waals surface area contributed by atoms with Crippen LogP contribution in [0.2, 0.25) is 0 Å². The predicted molar refractivity (Wildman–Crippen MR) is 67.1 cm³/mol. The van der Waals surface area contributed by atoms with Crippen LogP contribution in [0.5, 0.6) is 0 Å². The van der Waals surface area contributed by atoms with Crippen molar-refractivity contribution in [3.63, 3.8) is 0 Å². The number of hydrogen-bond acceptors (Lipinski definition) is 4. The van der Waals surface area contributed by atoms with Gasteiger partial charge in [-0.05, 0) is 31.4 Å². The quantitative estimate of drug-likeness (QED) is 0.825. The molecular formula is C12H18N4O. The van der Waals surface area contributed by atoms with E-state index in [-0.39, 0.29) is 12.6 Å². The zero-order chi connectivity index (χ0) is 12.3.